The number of carboxylic acid groups (broad SMARTS) is 1. The molecule has 1 fully saturated rings. The number of rotatable bonds is 2. The van der Waals surface area contributed by atoms with Crippen molar-refractivity contribution in [1.29, 1.82) is 0 Å². The Bertz CT molecular complexity index is 445. The fourth-order valence-corrected chi connectivity index (χ4v) is 2.18. The zero-order chi connectivity index (χ0) is 12.6. The molecule has 0 bridgehead atoms. The maximum absolute atomic E-state index is 13.2. The van der Waals surface area contributed by atoms with Crippen molar-refractivity contribution in [2.24, 2.45) is 0 Å². The topological polar surface area (TPSA) is 81.1 Å². The van der Waals surface area contributed by atoms with Crippen molar-refractivity contribution in [2.45, 2.75) is 37.6 Å². The maximum atomic E-state index is 13.2. The summed E-state index contributed by atoms with van der Waals surface area (Å²) in [6.45, 7) is 0. The first kappa shape index (κ1) is 11.8. The third-order valence-electron chi connectivity index (χ3n) is 3.02. The van der Waals surface area contributed by atoms with E-state index < -0.39 is 17.9 Å². The number of hydrogen-bond acceptors (Lipinski definition) is 3. The molecule has 0 radical (unpaired) electrons. The van der Waals surface area contributed by atoms with E-state index in [-0.39, 0.29) is 24.2 Å². The molecule has 0 spiro atoms. The van der Waals surface area contributed by atoms with Crippen LogP contribution in [0.1, 0.15) is 42.1 Å². The van der Waals surface area contributed by atoms with Crippen LogP contribution in [0.2, 0.25) is 0 Å². The van der Waals surface area contributed by atoms with Gasteiger partial charge >= 0.3 is 5.97 Å². The van der Waals surface area contributed by atoms with Gasteiger partial charge in [0, 0.05) is 12.8 Å². The molecule has 0 saturated heterocycles. The minimum atomic E-state index is -2.72. The molecular formula is C10H13F2N3O2. The van der Waals surface area contributed by atoms with E-state index in [4.69, 9.17) is 10.8 Å². The lowest BCUT2D eigenvalue weighted by atomic mass is 9.92. The number of carboxylic acids is 1. The number of nitrogens with zero attached hydrogens (tertiary/aromatic N) is 2. The number of nitrogens with two attached hydrogens (primary N) is 1. The second-order valence-electron chi connectivity index (χ2n) is 4.30. The van der Waals surface area contributed by atoms with Crippen molar-refractivity contribution >= 4 is 11.8 Å². The van der Waals surface area contributed by atoms with Crippen molar-refractivity contribution in [3.05, 3.63) is 11.8 Å². The molecular weight excluding hydrogens is 232 g/mol. The van der Waals surface area contributed by atoms with E-state index >= 15 is 0 Å². The summed E-state index contributed by atoms with van der Waals surface area (Å²) in [6.07, 6.45) is 1.57. The van der Waals surface area contributed by atoms with Gasteiger partial charge in [-0.3, -0.25) is 0 Å². The number of nitrogen functional groups attached to an aromatic ring is 1. The summed E-state index contributed by atoms with van der Waals surface area (Å²) in [6, 6.07) is -0.521. The summed E-state index contributed by atoms with van der Waals surface area (Å²) >= 11 is 0. The first-order chi connectivity index (χ1) is 7.91. The summed E-state index contributed by atoms with van der Waals surface area (Å²) in [4.78, 5) is 10.8. The minimum absolute atomic E-state index is 0.0554. The van der Waals surface area contributed by atoms with Gasteiger partial charge in [-0.05, 0) is 12.8 Å². The molecule has 17 heavy (non-hydrogen) atoms. The SMILES string of the molecule is Nc1c(C(=O)O)cnn1C1CCCC(F)(F)C1. The number of aromatic nitrogens is 2. The van der Waals surface area contributed by atoms with Gasteiger partial charge in [0.1, 0.15) is 11.4 Å². The van der Waals surface area contributed by atoms with Gasteiger partial charge in [0.15, 0.2) is 0 Å². The van der Waals surface area contributed by atoms with Gasteiger partial charge in [-0.25, -0.2) is 18.3 Å². The quantitative estimate of drug-likeness (QED) is 0.833. The molecule has 1 aliphatic carbocycles. The Balaban J connectivity index is 2.25. The zero-order valence-electron chi connectivity index (χ0n) is 9.07. The van der Waals surface area contributed by atoms with E-state index in [1.807, 2.05) is 0 Å². The lowest BCUT2D eigenvalue weighted by molar-refractivity contribution is -0.0508. The molecule has 0 aliphatic heterocycles. The average molecular weight is 245 g/mol. The van der Waals surface area contributed by atoms with Crippen LogP contribution in [0, 0.1) is 0 Å². The summed E-state index contributed by atoms with van der Waals surface area (Å²) < 4.78 is 27.7. The number of hydrogen-bond donors (Lipinski definition) is 2. The number of halogens is 2. The molecule has 3 N–H and O–H groups in total. The molecule has 0 aromatic carbocycles. The Morgan fingerprint density at radius 1 is 1.65 bits per heavy atom. The van der Waals surface area contributed by atoms with E-state index in [2.05, 4.69) is 5.10 Å². The van der Waals surface area contributed by atoms with Crippen molar-refractivity contribution in [3.8, 4) is 0 Å². The first-order valence-corrected chi connectivity index (χ1v) is 5.35. The third kappa shape index (κ3) is 2.22. The Hall–Kier alpha value is -1.66. The van der Waals surface area contributed by atoms with Crippen LogP contribution in [0.15, 0.2) is 6.20 Å². The molecule has 7 heteroatoms. The average Bonchev–Trinajstić information content (AvgIpc) is 2.58. The largest absolute Gasteiger partial charge is 0.477 e. The van der Waals surface area contributed by atoms with E-state index in [0.29, 0.717) is 12.8 Å². The molecule has 94 valence electrons. The molecule has 2 rings (SSSR count). The Kier molecular flexibility index (Phi) is 2.76. The van der Waals surface area contributed by atoms with Crippen molar-refractivity contribution in [2.75, 3.05) is 5.73 Å². The van der Waals surface area contributed by atoms with Crippen LogP contribution in [-0.2, 0) is 0 Å². The molecule has 5 nitrogen and oxygen atoms in total. The van der Waals surface area contributed by atoms with Crippen LogP contribution >= 0.6 is 0 Å². The Morgan fingerprint density at radius 2 is 2.35 bits per heavy atom. The van der Waals surface area contributed by atoms with Gasteiger partial charge in [0.05, 0.1) is 12.2 Å². The Labute approximate surface area is 96.2 Å². The Morgan fingerprint density at radius 3 is 2.88 bits per heavy atom. The summed E-state index contributed by atoms with van der Waals surface area (Å²) in [7, 11) is 0. The van der Waals surface area contributed by atoms with Crippen LogP contribution in [-0.4, -0.2) is 26.8 Å². The highest BCUT2D eigenvalue weighted by atomic mass is 19.3. The molecule has 1 aromatic heterocycles. The molecule has 1 unspecified atom stereocenters. The lowest BCUT2D eigenvalue weighted by Crippen LogP contribution is -2.29. The monoisotopic (exact) mass is 245 g/mol. The first-order valence-electron chi connectivity index (χ1n) is 5.35. The van der Waals surface area contributed by atoms with Gasteiger partial charge in [-0.1, -0.05) is 0 Å². The number of aromatic carboxylic acids is 1. The van der Waals surface area contributed by atoms with E-state index in [0.717, 1.165) is 6.20 Å². The molecule has 1 aromatic rings. The predicted molar refractivity (Wildman–Crippen MR) is 56.1 cm³/mol. The highest BCUT2D eigenvalue weighted by Gasteiger charge is 2.38. The molecule has 1 saturated carbocycles. The standard InChI is InChI=1S/C10H13F2N3O2/c11-10(12)3-1-2-6(4-10)15-8(13)7(5-14-15)9(16)17/h5-6H,1-4,13H2,(H,16,17). The molecule has 0 amide bonds. The van der Waals surface area contributed by atoms with Gasteiger partial charge in [0.2, 0.25) is 5.92 Å². The van der Waals surface area contributed by atoms with Crippen molar-refractivity contribution in [1.82, 2.24) is 9.78 Å². The highest BCUT2D eigenvalue weighted by molar-refractivity contribution is 5.92. The van der Waals surface area contributed by atoms with Crippen LogP contribution < -0.4 is 5.73 Å². The second-order valence-corrected chi connectivity index (χ2v) is 4.30. The van der Waals surface area contributed by atoms with E-state index in [1.54, 1.807) is 0 Å². The lowest BCUT2D eigenvalue weighted by Gasteiger charge is -2.29. The highest BCUT2D eigenvalue weighted by Crippen LogP contribution is 2.39. The molecule has 1 aliphatic rings. The summed E-state index contributed by atoms with van der Waals surface area (Å²) in [5.41, 5.74) is 5.46. The summed E-state index contributed by atoms with van der Waals surface area (Å²) in [5.74, 6) is -3.97. The zero-order valence-corrected chi connectivity index (χ0v) is 9.07. The van der Waals surface area contributed by atoms with Crippen LogP contribution in [0.25, 0.3) is 0 Å². The van der Waals surface area contributed by atoms with Crippen LogP contribution in [0.4, 0.5) is 14.6 Å². The van der Waals surface area contributed by atoms with Gasteiger partial charge in [-0.2, -0.15) is 5.10 Å². The van der Waals surface area contributed by atoms with Crippen LogP contribution in [0.3, 0.4) is 0 Å². The second kappa shape index (κ2) is 3.97. The molecule has 1 atom stereocenters. The normalized spacial score (nSPS) is 23.5. The fourth-order valence-electron chi connectivity index (χ4n) is 2.18. The van der Waals surface area contributed by atoms with Crippen LogP contribution in [0.5, 0.6) is 0 Å². The van der Waals surface area contributed by atoms with E-state index in [9.17, 15) is 13.6 Å². The maximum Gasteiger partial charge on any atom is 0.341 e. The number of anilines is 1. The van der Waals surface area contributed by atoms with Gasteiger partial charge in [-0.15, -0.1) is 0 Å². The van der Waals surface area contributed by atoms with Gasteiger partial charge < -0.3 is 10.8 Å². The fraction of sp³-hybridized carbons (Fsp3) is 0.600. The summed E-state index contributed by atoms with van der Waals surface area (Å²) in [5, 5.41) is 12.6. The van der Waals surface area contributed by atoms with Gasteiger partial charge in [0.25, 0.3) is 0 Å². The molecule has 1 heterocycles. The minimum Gasteiger partial charge on any atom is -0.477 e. The number of alkyl halides is 2. The van der Waals surface area contributed by atoms with E-state index in [1.165, 1.54) is 4.68 Å². The van der Waals surface area contributed by atoms with Crippen molar-refractivity contribution in [3.63, 3.8) is 0 Å². The smallest absolute Gasteiger partial charge is 0.341 e. The predicted octanol–water partition coefficient (Wildman–Crippen LogP) is 1.91. The van der Waals surface area contributed by atoms with Crippen molar-refractivity contribution < 1.29 is 18.7 Å². The third-order valence-corrected chi connectivity index (χ3v) is 3.02. The number of carbonyl (C=O) groups is 1.